The van der Waals surface area contributed by atoms with Crippen LogP contribution >= 0.6 is 0 Å². The van der Waals surface area contributed by atoms with Crippen LogP contribution in [0.4, 0.5) is 17.1 Å². The van der Waals surface area contributed by atoms with Gasteiger partial charge in [-0.2, -0.15) is 0 Å². The molecular weight excluding hydrogens is 338 g/mol. The van der Waals surface area contributed by atoms with Crippen molar-refractivity contribution >= 4 is 17.1 Å². The highest BCUT2D eigenvalue weighted by atomic mass is 15.1. The number of fused-ring (bicyclic) bond motifs is 2. The van der Waals surface area contributed by atoms with E-state index in [1.807, 2.05) is 0 Å². The molecule has 2 aliphatic carbocycles. The molecule has 2 fully saturated rings. The SMILES string of the molecule is Cc1cccc(N(c2ccc(C3CC4CCC3C4)cc2)c2cccc(C)c2)c1. The highest BCUT2D eigenvalue weighted by Gasteiger charge is 2.39. The third kappa shape index (κ3) is 3.24. The average Bonchev–Trinajstić information content (AvgIpc) is 3.33. The molecule has 3 aromatic carbocycles. The van der Waals surface area contributed by atoms with Gasteiger partial charge in [0, 0.05) is 17.1 Å². The Morgan fingerprint density at radius 2 is 1.32 bits per heavy atom. The summed E-state index contributed by atoms with van der Waals surface area (Å²) in [6.45, 7) is 4.33. The van der Waals surface area contributed by atoms with E-state index in [1.54, 1.807) is 5.56 Å². The van der Waals surface area contributed by atoms with Crippen molar-refractivity contribution in [2.24, 2.45) is 11.8 Å². The standard InChI is InChI=1S/C27H29N/c1-19-5-3-7-25(15-19)28(26-8-4-6-20(2)16-26)24-13-11-22(12-14-24)27-18-21-9-10-23(27)17-21/h3-8,11-16,21,23,27H,9-10,17-18H2,1-2H3. The van der Waals surface area contributed by atoms with Gasteiger partial charge in [-0.3, -0.25) is 0 Å². The van der Waals surface area contributed by atoms with Gasteiger partial charge in [0.25, 0.3) is 0 Å². The van der Waals surface area contributed by atoms with Gasteiger partial charge in [0.1, 0.15) is 0 Å². The summed E-state index contributed by atoms with van der Waals surface area (Å²) in [7, 11) is 0. The zero-order valence-corrected chi connectivity index (χ0v) is 16.9. The summed E-state index contributed by atoms with van der Waals surface area (Å²) in [5, 5.41) is 0. The molecule has 0 N–H and O–H groups in total. The van der Waals surface area contributed by atoms with E-state index in [0.717, 1.165) is 17.8 Å². The van der Waals surface area contributed by atoms with Crippen LogP contribution in [-0.2, 0) is 0 Å². The minimum absolute atomic E-state index is 0.791. The van der Waals surface area contributed by atoms with E-state index in [0.29, 0.717) is 0 Å². The maximum absolute atomic E-state index is 2.39. The molecule has 0 saturated heterocycles. The smallest absolute Gasteiger partial charge is 0.0464 e. The van der Waals surface area contributed by atoms with Gasteiger partial charge in [0.05, 0.1) is 0 Å². The first-order valence-electron chi connectivity index (χ1n) is 10.7. The van der Waals surface area contributed by atoms with Gasteiger partial charge in [0.2, 0.25) is 0 Å². The molecule has 142 valence electrons. The monoisotopic (exact) mass is 367 g/mol. The topological polar surface area (TPSA) is 3.24 Å². The summed E-state index contributed by atoms with van der Waals surface area (Å²) >= 11 is 0. The van der Waals surface area contributed by atoms with Gasteiger partial charge < -0.3 is 4.90 Å². The van der Waals surface area contributed by atoms with Gasteiger partial charge in [0.15, 0.2) is 0 Å². The van der Waals surface area contributed by atoms with Crippen molar-refractivity contribution in [1.29, 1.82) is 0 Å². The number of hydrogen-bond donors (Lipinski definition) is 0. The second-order valence-electron chi connectivity index (χ2n) is 8.89. The Morgan fingerprint density at radius 3 is 1.82 bits per heavy atom. The number of nitrogens with zero attached hydrogens (tertiary/aromatic N) is 1. The van der Waals surface area contributed by atoms with Gasteiger partial charge in [-0.15, -0.1) is 0 Å². The Hall–Kier alpha value is -2.54. The first-order chi connectivity index (χ1) is 13.7. The van der Waals surface area contributed by atoms with Crippen LogP contribution < -0.4 is 4.90 Å². The Labute approximate surface area is 169 Å². The molecule has 3 unspecified atom stereocenters. The summed E-state index contributed by atoms with van der Waals surface area (Å²) < 4.78 is 0. The number of benzene rings is 3. The van der Waals surface area contributed by atoms with Crippen LogP contribution in [0.3, 0.4) is 0 Å². The van der Waals surface area contributed by atoms with E-state index >= 15 is 0 Å². The summed E-state index contributed by atoms with van der Waals surface area (Å²) in [6.07, 6.45) is 5.78. The fourth-order valence-corrected chi connectivity index (χ4v) is 5.50. The highest BCUT2D eigenvalue weighted by molar-refractivity contribution is 5.77. The van der Waals surface area contributed by atoms with Crippen molar-refractivity contribution in [1.82, 2.24) is 0 Å². The van der Waals surface area contributed by atoms with Crippen LogP contribution in [0.2, 0.25) is 0 Å². The molecule has 3 atom stereocenters. The minimum Gasteiger partial charge on any atom is -0.310 e. The van der Waals surface area contributed by atoms with E-state index < -0.39 is 0 Å². The van der Waals surface area contributed by atoms with E-state index in [-0.39, 0.29) is 0 Å². The van der Waals surface area contributed by atoms with E-state index in [9.17, 15) is 0 Å². The molecule has 1 heteroatoms. The van der Waals surface area contributed by atoms with Crippen molar-refractivity contribution in [3.63, 3.8) is 0 Å². The molecule has 0 aliphatic heterocycles. The fraction of sp³-hybridized carbons (Fsp3) is 0.333. The zero-order valence-electron chi connectivity index (χ0n) is 16.9. The lowest BCUT2D eigenvalue weighted by atomic mass is 9.83. The zero-order chi connectivity index (χ0) is 19.1. The molecule has 0 aromatic heterocycles. The molecule has 2 saturated carbocycles. The quantitative estimate of drug-likeness (QED) is 0.457. The summed E-state index contributed by atoms with van der Waals surface area (Å²) in [5.74, 6) is 2.71. The van der Waals surface area contributed by atoms with Gasteiger partial charge in [-0.25, -0.2) is 0 Å². The number of aryl methyl sites for hydroxylation is 2. The van der Waals surface area contributed by atoms with Gasteiger partial charge >= 0.3 is 0 Å². The predicted molar refractivity (Wildman–Crippen MR) is 119 cm³/mol. The third-order valence-electron chi connectivity index (χ3n) is 6.84. The Bertz CT molecular complexity index is 926. The van der Waals surface area contributed by atoms with Crippen molar-refractivity contribution < 1.29 is 0 Å². The molecular formula is C27H29N. The van der Waals surface area contributed by atoms with Crippen LogP contribution in [0.15, 0.2) is 72.8 Å². The van der Waals surface area contributed by atoms with Crippen molar-refractivity contribution in [2.45, 2.75) is 45.4 Å². The van der Waals surface area contributed by atoms with E-state index in [4.69, 9.17) is 0 Å². The molecule has 0 spiro atoms. The largest absolute Gasteiger partial charge is 0.310 e. The van der Waals surface area contributed by atoms with Gasteiger partial charge in [-0.1, -0.05) is 42.8 Å². The maximum atomic E-state index is 2.39. The highest BCUT2D eigenvalue weighted by Crippen LogP contribution is 2.53. The molecule has 1 nitrogen and oxygen atoms in total. The molecule has 28 heavy (non-hydrogen) atoms. The van der Waals surface area contributed by atoms with Crippen LogP contribution in [0, 0.1) is 25.7 Å². The molecule has 0 amide bonds. The lowest BCUT2D eigenvalue weighted by Gasteiger charge is -2.27. The van der Waals surface area contributed by atoms with E-state index in [2.05, 4.69) is 91.5 Å². The first-order valence-corrected chi connectivity index (χ1v) is 10.7. The first kappa shape index (κ1) is 17.6. The van der Waals surface area contributed by atoms with E-state index in [1.165, 1.54) is 53.9 Å². The second kappa shape index (κ2) is 7.13. The normalized spacial score (nSPS) is 23.1. The average molecular weight is 368 g/mol. The van der Waals surface area contributed by atoms with Crippen molar-refractivity contribution in [2.75, 3.05) is 4.90 Å². The Balaban J connectivity index is 1.52. The Morgan fingerprint density at radius 1 is 0.679 bits per heavy atom. The number of hydrogen-bond acceptors (Lipinski definition) is 1. The second-order valence-corrected chi connectivity index (χ2v) is 8.89. The number of anilines is 3. The number of rotatable bonds is 4. The summed E-state index contributed by atoms with van der Waals surface area (Å²) in [4.78, 5) is 2.38. The van der Waals surface area contributed by atoms with Crippen LogP contribution in [-0.4, -0.2) is 0 Å². The summed E-state index contributed by atoms with van der Waals surface area (Å²) in [5.41, 5.74) is 7.80. The molecule has 3 aromatic rings. The lowest BCUT2D eigenvalue weighted by Crippen LogP contribution is -2.11. The molecule has 2 aliphatic rings. The molecule has 0 heterocycles. The van der Waals surface area contributed by atoms with Crippen molar-refractivity contribution in [3.05, 3.63) is 89.5 Å². The predicted octanol–water partition coefficient (Wildman–Crippen LogP) is 7.68. The molecule has 5 rings (SSSR count). The van der Waals surface area contributed by atoms with Crippen LogP contribution in [0.1, 0.15) is 48.3 Å². The van der Waals surface area contributed by atoms with Crippen LogP contribution in [0.5, 0.6) is 0 Å². The summed E-state index contributed by atoms with van der Waals surface area (Å²) in [6, 6.07) is 27.0. The minimum atomic E-state index is 0.791. The Kier molecular flexibility index (Phi) is 4.47. The van der Waals surface area contributed by atoms with Crippen molar-refractivity contribution in [3.8, 4) is 0 Å². The lowest BCUT2D eigenvalue weighted by molar-refractivity contribution is 0.420. The fourth-order valence-electron chi connectivity index (χ4n) is 5.50. The molecule has 2 bridgehead atoms. The maximum Gasteiger partial charge on any atom is 0.0464 e. The molecule has 0 radical (unpaired) electrons. The van der Waals surface area contributed by atoms with Gasteiger partial charge in [-0.05, 0) is 104 Å². The van der Waals surface area contributed by atoms with Crippen LogP contribution in [0.25, 0.3) is 0 Å². The third-order valence-corrected chi connectivity index (χ3v) is 6.84.